The molecule has 0 aliphatic rings. The molecule has 0 heterocycles. The first kappa shape index (κ1) is 19.6. The maximum Gasteiger partial charge on any atom is 2.00 e. The molecular formula is C14H10CuO4S2. The first-order chi connectivity index (χ1) is 9.43. The van der Waals surface area contributed by atoms with Crippen LogP contribution in [0, 0.1) is 0 Å². The second-order valence-electron chi connectivity index (χ2n) is 3.61. The second kappa shape index (κ2) is 9.52. The van der Waals surface area contributed by atoms with E-state index in [4.69, 9.17) is 0 Å². The van der Waals surface area contributed by atoms with Gasteiger partial charge in [0.05, 0.1) is 11.9 Å². The number of carbonyl (C=O) groups is 2. The molecule has 21 heavy (non-hydrogen) atoms. The minimum atomic E-state index is -1.19. The van der Waals surface area contributed by atoms with E-state index < -0.39 is 11.9 Å². The summed E-state index contributed by atoms with van der Waals surface area (Å²) < 4.78 is 0. The molecule has 0 atom stereocenters. The van der Waals surface area contributed by atoms with Crippen molar-refractivity contribution in [2.45, 2.75) is 9.79 Å². The van der Waals surface area contributed by atoms with Gasteiger partial charge in [-0.1, -0.05) is 36.4 Å². The van der Waals surface area contributed by atoms with Gasteiger partial charge >= 0.3 is 17.1 Å². The molecule has 0 spiro atoms. The predicted octanol–water partition coefficient (Wildman–Crippen LogP) is 0.675. The Balaban J connectivity index is 0.000000364. The van der Waals surface area contributed by atoms with Gasteiger partial charge in [0.2, 0.25) is 0 Å². The molecule has 7 heteroatoms. The van der Waals surface area contributed by atoms with Crippen LogP contribution in [0.5, 0.6) is 0 Å². The smallest absolute Gasteiger partial charge is 0.545 e. The number of carbonyl (C=O) groups excluding carboxylic acids is 2. The zero-order valence-corrected chi connectivity index (χ0v) is 13.2. The van der Waals surface area contributed by atoms with Gasteiger partial charge in [0.15, 0.2) is 0 Å². The fourth-order valence-electron chi connectivity index (χ4n) is 1.29. The van der Waals surface area contributed by atoms with Gasteiger partial charge in [-0.25, -0.2) is 0 Å². The number of rotatable bonds is 2. The summed E-state index contributed by atoms with van der Waals surface area (Å²) in [7, 11) is 0. The Morgan fingerprint density at radius 1 is 0.714 bits per heavy atom. The number of carboxylic acids is 2. The molecule has 1 radical (unpaired) electrons. The first-order valence-corrected chi connectivity index (χ1v) is 6.31. The quantitative estimate of drug-likeness (QED) is 0.602. The summed E-state index contributed by atoms with van der Waals surface area (Å²) in [6.45, 7) is 0. The third-order valence-electron chi connectivity index (χ3n) is 2.25. The van der Waals surface area contributed by atoms with E-state index >= 15 is 0 Å². The SMILES string of the molecule is O=C([O-])c1ccccc1S.O=C([O-])c1ccccc1S.[Cu+2]. The van der Waals surface area contributed by atoms with E-state index in [1.807, 2.05) is 0 Å². The second-order valence-corrected chi connectivity index (χ2v) is 4.57. The Hall–Kier alpha value is -1.40. The van der Waals surface area contributed by atoms with Gasteiger partial charge in [0.25, 0.3) is 0 Å². The van der Waals surface area contributed by atoms with Gasteiger partial charge in [0.1, 0.15) is 0 Å². The zero-order chi connectivity index (χ0) is 15.1. The topological polar surface area (TPSA) is 80.3 Å². The minimum Gasteiger partial charge on any atom is -0.545 e. The first-order valence-electron chi connectivity index (χ1n) is 5.42. The number of aromatic carboxylic acids is 2. The molecule has 2 rings (SSSR count). The average molecular weight is 370 g/mol. The van der Waals surface area contributed by atoms with Gasteiger partial charge in [0, 0.05) is 20.9 Å². The molecule has 113 valence electrons. The summed E-state index contributed by atoms with van der Waals surface area (Å²) in [5.41, 5.74) is 0.261. The molecule has 2 aromatic carbocycles. The monoisotopic (exact) mass is 369 g/mol. The van der Waals surface area contributed by atoms with E-state index in [2.05, 4.69) is 25.3 Å². The molecule has 0 aliphatic carbocycles. The van der Waals surface area contributed by atoms with Gasteiger partial charge in [-0.15, -0.1) is 25.3 Å². The number of thiol groups is 2. The summed E-state index contributed by atoms with van der Waals surface area (Å²) in [6, 6.07) is 12.8. The molecule has 4 nitrogen and oxygen atoms in total. The van der Waals surface area contributed by atoms with Crippen molar-refractivity contribution in [1.29, 1.82) is 0 Å². The van der Waals surface area contributed by atoms with Crippen molar-refractivity contribution in [3.63, 3.8) is 0 Å². The molecule has 0 fully saturated rings. The summed E-state index contributed by atoms with van der Waals surface area (Å²) >= 11 is 7.83. The van der Waals surface area contributed by atoms with Crippen LogP contribution < -0.4 is 10.2 Å². The van der Waals surface area contributed by atoms with Crippen LogP contribution in [0.3, 0.4) is 0 Å². The Bertz CT molecular complexity index is 576. The van der Waals surface area contributed by atoms with Crippen molar-refractivity contribution in [1.82, 2.24) is 0 Å². The van der Waals surface area contributed by atoms with Crippen molar-refractivity contribution < 1.29 is 36.9 Å². The molecule has 0 saturated carbocycles. The van der Waals surface area contributed by atoms with Gasteiger partial charge in [-0.2, -0.15) is 0 Å². The van der Waals surface area contributed by atoms with Crippen LogP contribution in [0.25, 0.3) is 0 Å². The van der Waals surface area contributed by atoms with Gasteiger partial charge in [-0.05, 0) is 12.1 Å². The van der Waals surface area contributed by atoms with E-state index in [0.29, 0.717) is 9.79 Å². The van der Waals surface area contributed by atoms with E-state index in [1.165, 1.54) is 12.1 Å². The maximum absolute atomic E-state index is 10.3. The van der Waals surface area contributed by atoms with Crippen molar-refractivity contribution in [3.05, 3.63) is 59.7 Å². The van der Waals surface area contributed by atoms with Gasteiger partial charge in [-0.3, -0.25) is 0 Å². The van der Waals surface area contributed by atoms with Crippen molar-refractivity contribution in [3.8, 4) is 0 Å². The van der Waals surface area contributed by atoms with Crippen molar-refractivity contribution >= 4 is 37.2 Å². The number of hydrogen-bond donors (Lipinski definition) is 2. The number of benzene rings is 2. The largest absolute Gasteiger partial charge is 2.00 e. The van der Waals surface area contributed by atoms with E-state index in [1.54, 1.807) is 36.4 Å². The molecular weight excluding hydrogens is 360 g/mol. The van der Waals surface area contributed by atoms with E-state index in [0.717, 1.165) is 0 Å². The van der Waals surface area contributed by atoms with Crippen molar-refractivity contribution in [2.24, 2.45) is 0 Å². The third-order valence-corrected chi connectivity index (χ3v) is 3.03. The Kier molecular flexibility index (Phi) is 8.89. The number of hydrogen-bond acceptors (Lipinski definition) is 6. The molecule has 0 N–H and O–H groups in total. The summed E-state index contributed by atoms with van der Waals surface area (Å²) in [5, 5.41) is 20.5. The predicted molar refractivity (Wildman–Crippen MR) is 76.0 cm³/mol. The molecule has 0 bridgehead atoms. The molecule has 0 aliphatic heterocycles. The Morgan fingerprint density at radius 3 is 1.19 bits per heavy atom. The van der Waals surface area contributed by atoms with Crippen LogP contribution in [0.1, 0.15) is 20.7 Å². The normalized spacial score (nSPS) is 8.86. The minimum absolute atomic E-state index is 0. The van der Waals surface area contributed by atoms with Crippen LogP contribution in [-0.2, 0) is 17.1 Å². The molecule has 0 saturated heterocycles. The third kappa shape index (κ3) is 6.27. The Morgan fingerprint density at radius 2 is 1.00 bits per heavy atom. The van der Waals surface area contributed by atoms with Crippen LogP contribution in [0.2, 0.25) is 0 Å². The van der Waals surface area contributed by atoms with E-state index in [9.17, 15) is 19.8 Å². The van der Waals surface area contributed by atoms with Crippen LogP contribution in [-0.4, -0.2) is 11.9 Å². The fraction of sp³-hybridized carbons (Fsp3) is 0. The standard InChI is InChI=1S/2C7H6O2S.Cu/c2*8-7(9)5-3-1-2-4-6(5)10;/h2*1-4,10H,(H,8,9);/q;;+2/p-2. The zero-order valence-electron chi connectivity index (χ0n) is 10.4. The summed E-state index contributed by atoms with van der Waals surface area (Å²) in [5.74, 6) is -2.38. The maximum atomic E-state index is 10.3. The summed E-state index contributed by atoms with van der Waals surface area (Å²) in [4.78, 5) is 21.4. The molecule has 2 aromatic rings. The molecule has 0 aromatic heterocycles. The van der Waals surface area contributed by atoms with Crippen molar-refractivity contribution in [2.75, 3.05) is 0 Å². The van der Waals surface area contributed by atoms with Crippen LogP contribution in [0.4, 0.5) is 0 Å². The molecule has 0 unspecified atom stereocenters. The number of carboxylic acid groups (broad SMARTS) is 2. The van der Waals surface area contributed by atoms with Crippen LogP contribution >= 0.6 is 25.3 Å². The summed E-state index contributed by atoms with van der Waals surface area (Å²) in [6.07, 6.45) is 0. The average Bonchev–Trinajstić information content (AvgIpc) is 2.40. The fourth-order valence-corrected chi connectivity index (χ4v) is 1.80. The van der Waals surface area contributed by atoms with Gasteiger partial charge < -0.3 is 19.8 Å². The Labute approximate surface area is 143 Å². The molecule has 0 amide bonds. The van der Waals surface area contributed by atoms with Crippen LogP contribution in [0.15, 0.2) is 58.3 Å². The van der Waals surface area contributed by atoms with E-state index in [-0.39, 0.29) is 28.2 Å².